The maximum Gasteiger partial charge on any atom is 0.0558 e. The molecule has 0 unspecified atom stereocenters. The number of nitrogens with zero attached hydrogens (tertiary/aromatic N) is 1. The molecule has 0 aliphatic rings. The summed E-state index contributed by atoms with van der Waals surface area (Å²) in [4.78, 5) is 2.16. The van der Waals surface area contributed by atoms with Crippen molar-refractivity contribution in [3.05, 3.63) is 0 Å². The van der Waals surface area contributed by atoms with Crippen LogP contribution < -0.4 is 5.32 Å². The van der Waals surface area contributed by atoms with Crippen molar-refractivity contribution in [2.75, 3.05) is 39.4 Å². The summed E-state index contributed by atoms with van der Waals surface area (Å²) in [7, 11) is 0. The third-order valence-electron chi connectivity index (χ3n) is 3.78. The van der Waals surface area contributed by atoms with Gasteiger partial charge < -0.3 is 15.5 Å². The molecule has 18 heavy (non-hydrogen) atoms. The molecule has 0 saturated heterocycles. The van der Waals surface area contributed by atoms with Crippen molar-refractivity contribution in [3.8, 4) is 0 Å². The Morgan fingerprint density at radius 1 is 1.06 bits per heavy atom. The van der Waals surface area contributed by atoms with Gasteiger partial charge in [-0.15, -0.1) is 0 Å². The smallest absolute Gasteiger partial charge is 0.0558 e. The molecular formula is C14H32N2O2. The Morgan fingerprint density at radius 2 is 1.56 bits per heavy atom. The van der Waals surface area contributed by atoms with E-state index in [1.807, 2.05) is 0 Å². The van der Waals surface area contributed by atoms with Crippen LogP contribution in [0.2, 0.25) is 0 Å². The summed E-state index contributed by atoms with van der Waals surface area (Å²) in [6, 6.07) is 0.492. The number of hydrogen-bond acceptors (Lipinski definition) is 4. The molecule has 0 spiro atoms. The molecular weight excluding hydrogens is 228 g/mol. The van der Waals surface area contributed by atoms with Crippen molar-refractivity contribution < 1.29 is 10.2 Å². The topological polar surface area (TPSA) is 55.7 Å². The van der Waals surface area contributed by atoms with Crippen LogP contribution in [0.4, 0.5) is 0 Å². The van der Waals surface area contributed by atoms with Crippen molar-refractivity contribution >= 4 is 0 Å². The molecule has 110 valence electrons. The van der Waals surface area contributed by atoms with Crippen LogP contribution in [0.3, 0.4) is 0 Å². The second-order valence-electron chi connectivity index (χ2n) is 5.47. The molecule has 0 aliphatic carbocycles. The number of aliphatic hydroxyl groups excluding tert-OH is 2. The van der Waals surface area contributed by atoms with Crippen LogP contribution in [-0.4, -0.2) is 60.5 Å². The molecule has 0 amide bonds. The SMILES string of the molecule is CCC(CC)(CNC(C)C)CN(CCO)CCO. The lowest BCUT2D eigenvalue weighted by atomic mass is 9.81. The van der Waals surface area contributed by atoms with E-state index in [1.54, 1.807) is 0 Å². The van der Waals surface area contributed by atoms with E-state index >= 15 is 0 Å². The Morgan fingerprint density at radius 3 is 1.89 bits per heavy atom. The molecule has 0 aromatic carbocycles. The molecule has 4 nitrogen and oxygen atoms in total. The molecule has 0 atom stereocenters. The monoisotopic (exact) mass is 260 g/mol. The number of aliphatic hydroxyl groups is 2. The van der Waals surface area contributed by atoms with Crippen molar-refractivity contribution in [3.63, 3.8) is 0 Å². The molecule has 0 aromatic heterocycles. The molecule has 0 radical (unpaired) electrons. The van der Waals surface area contributed by atoms with Gasteiger partial charge in [-0.25, -0.2) is 0 Å². The molecule has 0 heterocycles. The van der Waals surface area contributed by atoms with Crippen molar-refractivity contribution in [1.29, 1.82) is 0 Å². The fourth-order valence-corrected chi connectivity index (χ4v) is 2.23. The van der Waals surface area contributed by atoms with Crippen molar-refractivity contribution in [2.45, 2.75) is 46.6 Å². The van der Waals surface area contributed by atoms with Gasteiger partial charge in [-0.2, -0.15) is 0 Å². The van der Waals surface area contributed by atoms with E-state index in [0.29, 0.717) is 19.1 Å². The minimum atomic E-state index is 0.154. The Kier molecular flexibility index (Phi) is 9.64. The highest BCUT2D eigenvalue weighted by atomic mass is 16.3. The lowest BCUT2D eigenvalue weighted by Gasteiger charge is -2.38. The van der Waals surface area contributed by atoms with Gasteiger partial charge in [-0.1, -0.05) is 27.7 Å². The van der Waals surface area contributed by atoms with Crippen LogP contribution in [0.1, 0.15) is 40.5 Å². The second kappa shape index (κ2) is 9.73. The second-order valence-corrected chi connectivity index (χ2v) is 5.47. The van der Waals surface area contributed by atoms with Crippen LogP contribution >= 0.6 is 0 Å². The zero-order valence-corrected chi connectivity index (χ0v) is 12.6. The summed E-state index contributed by atoms with van der Waals surface area (Å²) in [5, 5.41) is 21.7. The number of hydrogen-bond donors (Lipinski definition) is 3. The Balaban J connectivity index is 4.53. The van der Waals surface area contributed by atoms with Crippen molar-refractivity contribution in [1.82, 2.24) is 10.2 Å². The van der Waals surface area contributed by atoms with Gasteiger partial charge in [0.25, 0.3) is 0 Å². The minimum Gasteiger partial charge on any atom is -0.395 e. The van der Waals surface area contributed by atoms with Gasteiger partial charge in [-0.3, -0.25) is 4.90 Å². The van der Waals surface area contributed by atoms with Crippen molar-refractivity contribution in [2.24, 2.45) is 5.41 Å². The minimum absolute atomic E-state index is 0.154. The number of rotatable bonds is 11. The lowest BCUT2D eigenvalue weighted by molar-refractivity contribution is 0.0952. The van der Waals surface area contributed by atoms with E-state index in [4.69, 9.17) is 10.2 Å². The van der Waals surface area contributed by atoms with E-state index in [1.165, 1.54) is 0 Å². The molecule has 3 N–H and O–H groups in total. The highest BCUT2D eigenvalue weighted by Crippen LogP contribution is 2.27. The summed E-state index contributed by atoms with van der Waals surface area (Å²) in [5.41, 5.74) is 0.231. The average molecular weight is 260 g/mol. The van der Waals surface area contributed by atoms with Crippen LogP contribution in [0.5, 0.6) is 0 Å². The van der Waals surface area contributed by atoms with Gasteiger partial charge in [0.05, 0.1) is 13.2 Å². The first kappa shape index (κ1) is 17.8. The molecule has 0 fully saturated rings. The fourth-order valence-electron chi connectivity index (χ4n) is 2.23. The third-order valence-corrected chi connectivity index (χ3v) is 3.78. The first-order valence-corrected chi connectivity index (χ1v) is 7.21. The van der Waals surface area contributed by atoms with Gasteiger partial charge in [0.1, 0.15) is 0 Å². The zero-order chi connectivity index (χ0) is 14.0. The zero-order valence-electron chi connectivity index (χ0n) is 12.6. The highest BCUT2D eigenvalue weighted by Gasteiger charge is 2.28. The van der Waals surface area contributed by atoms with Crippen LogP contribution in [0, 0.1) is 5.41 Å². The van der Waals surface area contributed by atoms with Crippen LogP contribution in [0.25, 0.3) is 0 Å². The molecule has 4 heteroatoms. The lowest BCUT2D eigenvalue weighted by Crippen LogP contribution is -2.46. The molecule has 0 aliphatic heterocycles. The van der Waals surface area contributed by atoms with E-state index in [-0.39, 0.29) is 18.6 Å². The van der Waals surface area contributed by atoms with Crippen LogP contribution in [0.15, 0.2) is 0 Å². The largest absolute Gasteiger partial charge is 0.395 e. The summed E-state index contributed by atoms with van der Waals surface area (Å²) < 4.78 is 0. The van der Waals surface area contributed by atoms with E-state index in [2.05, 4.69) is 37.9 Å². The van der Waals surface area contributed by atoms with E-state index < -0.39 is 0 Å². The fraction of sp³-hybridized carbons (Fsp3) is 1.00. The quantitative estimate of drug-likeness (QED) is 0.520. The van der Waals surface area contributed by atoms with E-state index in [0.717, 1.165) is 25.9 Å². The summed E-state index contributed by atoms with van der Waals surface area (Å²) >= 11 is 0. The van der Waals surface area contributed by atoms with Gasteiger partial charge >= 0.3 is 0 Å². The maximum absolute atomic E-state index is 9.08. The summed E-state index contributed by atoms with van der Waals surface area (Å²) in [6.07, 6.45) is 2.22. The van der Waals surface area contributed by atoms with Gasteiger partial charge in [0, 0.05) is 32.2 Å². The third kappa shape index (κ3) is 6.69. The molecule has 0 rings (SSSR count). The Labute approximate surface area is 112 Å². The number of nitrogens with one attached hydrogen (secondary N) is 1. The molecule has 0 aromatic rings. The average Bonchev–Trinajstić information content (AvgIpc) is 2.35. The Bertz CT molecular complexity index is 188. The Hall–Kier alpha value is -0.160. The highest BCUT2D eigenvalue weighted by molar-refractivity contribution is 4.83. The summed E-state index contributed by atoms with van der Waals surface area (Å²) in [5.74, 6) is 0. The molecule has 0 saturated carbocycles. The van der Waals surface area contributed by atoms with E-state index in [9.17, 15) is 0 Å². The van der Waals surface area contributed by atoms with Gasteiger partial charge in [-0.05, 0) is 18.3 Å². The first-order chi connectivity index (χ1) is 8.53. The first-order valence-electron chi connectivity index (χ1n) is 7.21. The standard InChI is InChI=1S/C14H32N2O2/c1-5-14(6-2,11-15-13(3)4)12-16(7-9-17)8-10-18/h13,15,17-18H,5-12H2,1-4H3. The van der Waals surface area contributed by atoms with Gasteiger partial charge in [0.2, 0.25) is 0 Å². The predicted octanol–water partition coefficient (Wildman–Crippen LogP) is 1.08. The molecule has 0 bridgehead atoms. The van der Waals surface area contributed by atoms with Crippen LogP contribution in [-0.2, 0) is 0 Å². The normalized spacial score (nSPS) is 12.7. The maximum atomic E-state index is 9.08. The summed E-state index contributed by atoms with van der Waals surface area (Å²) in [6.45, 7) is 12.3. The van der Waals surface area contributed by atoms with Gasteiger partial charge in [0.15, 0.2) is 0 Å². The predicted molar refractivity (Wildman–Crippen MR) is 76.8 cm³/mol.